The van der Waals surface area contributed by atoms with Gasteiger partial charge in [0.15, 0.2) is 0 Å². The van der Waals surface area contributed by atoms with Gasteiger partial charge in [-0.25, -0.2) is 0 Å². The third-order valence-corrected chi connectivity index (χ3v) is 4.96. The maximum Gasteiger partial charge on any atom is 0.00709 e. The Morgan fingerprint density at radius 1 is 1.00 bits per heavy atom. The summed E-state index contributed by atoms with van der Waals surface area (Å²) in [5.74, 6) is 2.78. The minimum absolute atomic E-state index is 0.877. The van der Waals surface area contributed by atoms with Gasteiger partial charge in [0.25, 0.3) is 0 Å². The predicted octanol–water partition coefficient (Wildman–Crippen LogP) is 2.87. The SMILES string of the molecule is CCC(C)C(C(C)C)C([SiH3])CC. The molecule has 3 atom stereocenters. The molecular formula is C11H26Si. The molecule has 0 aliphatic rings. The van der Waals surface area contributed by atoms with Crippen LogP contribution in [0.4, 0.5) is 0 Å². The van der Waals surface area contributed by atoms with Crippen molar-refractivity contribution in [2.24, 2.45) is 17.8 Å². The highest BCUT2D eigenvalue weighted by atomic mass is 28.1. The average molecular weight is 186 g/mol. The Morgan fingerprint density at radius 3 is 1.75 bits per heavy atom. The Hall–Kier alpha value is 0.217. The lowest BCUT2D eigenvalue weighted by Crippen LogP contribution is -2.22. The molecule has 0 saturated carbocycles. The first kappa shape index (κ1) is 12.2. The molecule has 0 aliphatic heterocycles. The van der Waals surface area contributed by atoms with Crippen molar-refractivity contribution in [3.05, 3.63) is 0 Å². The van der Waals surface area contributed by atoms with Gasteiger partial charge in [-0.3, -0.25) is 0 Å². The molecule has 74 valence electrons. The Bertz CT molecular complexity index is 99.6. The van der Waals surface area contributed by atoms with Crippen LogP contribution in [0.2, 0.25) is 5.54 Å². The smallest absolute Gasteiger partial charge is 0.00709 e. The zero-order valence-corrected chi connectivity index (χ0v) is 11.7. The van der Waals surface area contributed by atoms with Crippen molar-refractivity contribution in [3.63, 3.8) is 0 Å². The second-order valence-corrected chi connectivity index (χ2v) is 6.08. The van der Waals surface area contributed by atoms with E-state index in [1.807, 2.05) is 0 Å². The van der Waals surface area contributed by atoms with Crippen molar-refractivity contribution >= 4 is 10.2 Å². The van der Waals surface area contributed by atoms with Crippen LogP contribution in [-0.2, 0) is 0 Å². The van der Waals surface area contributed by atoms with Gasteiger partial charge >= 0.3 is 0 Å². The van der Waals surface area contributed by atoms with Crippen LogP contribution in [0.5, 0.6) is 0 Å². The summed E-state index contributed by atoms with van der Waals surface area (Å²) in [7, 11) is 1.37. The highest BCUT2D eigenvalue weighted by Gasteiger charge is 2.23. The standard InChI is InChI=1S/C11H26Si/c1-6-9(5)11(8(3)4)10(12)7-2/h8-11H,6-7H2,1-5,12H3. The van der Waals surface area contributed by atoms with Gasteiger partial charge in [0.1, 0.15) is 0 Å². The molecule has 0 aromatic carbocycles. The Labute approximate surface area is 81.6 Å². The highest BCUT2D eigenvalue weighted by molar-refractivity contribution is 6.11. The molecule has 3 unspecified atom stereocenters. The molecule has 0 fully saturated rings. The maximum atomic E-state index is 2.42. The Kier molecular flexibility index (Phi) is 5.90. The summed E-state index contributed by atoms with van der Waals surface area (Å²) < 4.78 is 0. The van der Waals surface area contributed by atoms with E-state index >= 15 is 0 Å². The molecule has 0 saturated heterocycles. The molecule has 1 heteroatoms. The zero-order valence-electron chi connectivity index (χ0n) is 9.72. The summed E-state index contributed by atoms with van der Waals surface area (Å²) in [5.41, 5.74) is 1.03. The molecule has 0 nitrogen and oxygen atoms in total. The predicted molar refractivity (Wildman–Crippen MR) is 61.8 cm³/mol. The molecule has 0 amide bonds. The van der Waals surface area contributed by atoms with Gasteiger partial charge < -0.3 is 0 Å². The van der Waals surface area contributed by atoms with Gasteiger partial charge in [0.2, 0.25) is 0 Å². The molecule has 0 radical (unpaired) electrons. The first-order valence-corrected chi connectivity index (χ1v) is 6.69. The van der Waals surface area contributed by atoms with E-state index in [-0.39, 0.29) is 0 Å². The minimum Gasteiger partial charge on any atom is -0.0654 e. The van der Waals surface area contributed by atoms with Crippen LogP contribution in [0, 0.1) is 17.8 Å². The fourth-order valence-electron chi connectivity index (χ4n) is 2.42. The van der Waals surface area contributed by atoms with E-state index in [0.717, 1.165) is 23.3 Å². The van der Waals surface area contributed by atoms with Gasteiger partial charge in [0.05, 0.1) is 0 Å². The summed E-state index contributed by atoms with van der Waals surface area (Å²) in [6.07, 6.45) is 2.74. The Morgan fingerprint density at radius 2 is 1.50 bits per heavy atom. The summed E-state index contributed by atoms with van der Waals surface area (Å²) in [4.78, 5) is 0. The monoisotopic (exact) mass is 186 g/mol. The van der Waals surface area contributed by atoms with Crippen LogP contribution in [0.15, 0.2) is 0 Å². The summed E-state index contributed by atoms with van der Waals surface area (Å²) in [6, 6.07) is 0. The number of hydrogen-bond donors (Lipinski definition) is 0. The summed E-state index contributed by atoms with van der Waals surface area (Å²) in [5, 5.41) is 0. The molecule has 0 aromatic rings. The van der Waals surface area contributed by atoms with E-state index < -0.39 is 0 Å². The van der Waals surface area contributed by atoms with Crippen molar-refractivity contribution in [1.82, 2.24) is 0 Å². The molecule has 0 aromatic heterocycles. The number of hydrogen-bond acceptors (Lipinski definition) is 0. The maximum absolute atomic E-state index is 2.42. The molecule has 12 heavy (non-hydrogen) atoms. The van der Waals surface area contributed by atoms with Crippen molar-refractivity contribution in [2.45, 2.75) is 53.0 Å². The molecule has 0 spiro atoms. The topological polar surface area (TPSA) is 0 Å². The molecule has 0 heterocycles. The molecule has 0 rings (SSSR count). The van der Waals surface area contributed by atoms with E-state index in [1.165, 1.54) is 23.1 Å². The van der Waals surface area contributed by atoms with Crippen LogP contribution < -0.4 is 0 Å². The van der Waals surface area contributed by atoms with Crippen molar-refractivity contribution < 1.29 is 0 Å². The molecule has 0 N–H and O–H groups in total. The molecular weight excluding hydrogens is 160 g/mol. The van der Waals surface area contributed by atoms with Crippen LogP contribution in [0.1, 0.15) is 47.5 Å². The van der Waals surface area contributed by atoms with Crippen molar-refractivity contribution in [2.75, 3.05) is 0 Å². The number of rotatable bonds is 5. The normalized spacial score (nSPS) is 19.5. The average Bonchev–Trinajstić information content (AvgIpc) is 2.03. The summed E-state index contributed by atoms with van der Waals surface area (Å²) in [6.45, 7) is 11.9. The van der Waals surface area contributed by atoms with Gasteiger partial charge in [0, 0.05) is 10.2 Å². The molecule has 0 bridgehead atoms. The van der Waals surface area contributed by atoms with E-state index in [1.54, 1.807) is 0 Å². The third-order valence-electron chi connectivity index (χ3n) is 3.37. The molecule has 0 aliphatic carbocycles. The van der Waals surface area contributed by atoms with Crippen LogP contribution in [0.3, 0.4) is 0 Å². The first-order valence-electron chi connectivity index (χ1n) is 5.54. The van der Waals surface area contributed by atoms with Crippen molar-refractivity contribution in [3.8, 4) is 0 Å². The van der Waals surface area contributed by atoms with E-state index in [2.05, 4.69) is 34.6 Å². The van der Waals surface area contributed by atoms with E-state index in [0.29, 0.717) is 0 Å². The van der Waals surface area contributed by atoms with E-state index in [9.17, 15) is 0 Å². The lowest BCUT2D eigenvalue weighted by molar-refractivity contribution is 0.246. The van der Waals surface area contributed by atoms with Gasteiger partial charge in [-0.2, -0.15) is 0 Å². The third kappa shape index (κ3) is 3.30. The van der Waals surface area contributed by atoms with Gasteiger partial charge in [-0.15, -0.1) is 0 Å². The van der Waals surface area contributed by atoms with E-state index in [4.69, 9.17) is 0 Å². The minimum atomic E-state index is 0.877. The van der Waals surface area contributed by atoms with Crippen LogP contribution in [0.25, 0.3) is 0 Å². The zero-order chi connectivity index (χ0) is 9.72. The largest absolute Gasteiger partial charge is 0.0654 e. The first-order chi connectivity index (χ1) is 5.54. The van der Waals surface area contributed by atoms with Crippen LogP contribution >= 0.6 is 0 Å². The van der Waals surface area contributed by atoms with Crippen molar-refractivity contribution in [1.29, 1.82) is 0 Å². The van der Waals surface area contributed by atoms with Crippen LogP contribution in [-0.4, -0.2) is 10.2 Å². The van der Waals surface area contributed by atoms with Gasteiger partial charge in [-0.05, 0) is 17.8 Å². The summed E-state index contributed by atoms with van der Waals surface area (Å²) >= 11 is 0. The fraction of sp³-hybridized carbons (Fsp3) is 1.00. The second kappa shape index (κ2) is 5.79. The Balaban J connectivity index is 4.21. The quantitative estimate of drug-likeness (QED) is 0.579. The fourth-order valence-corrected chi connectivity index (χ4v) is 3.85. The lowest BCUT2D eigenvalue weighted by atomic mass is 9.79. The highest BCUT2D eigenvalue weighted by Crippen LogP contribution is 2.34. The van der Waals surface area contributed by atoms with Gasteiger partial charge in [-0.1, -0.05) is 53.0 Å². The lowest BCUT2D eigenvalue weighted by Gasteiger charge is -2.32. The second-order valence-electron chi connectivity index (χ2n) is 4.59.